The second kappa shape index (κ2) is 4.13. The molecule has 1 aliphatic rings. The Morgan fingerprint density at radius 3 is 2.36 bits per heavy atom. The molecule has 1 N–H and O–H groups in total. The summed E-state index contributed by atoms with van der Waals surface area (Å²) in [7, 11) is 0. The van der Waals surface area contributed by atoms with Crippen LogP contribution < -0.4 is 0 Å². The van der Waals surface area contributed by atoms with E-state index in [1.54, 1.807) is 11.8 Å². The molecule has 3 nitrogen and oxygen atoms in total. The van der Waals surface area contributed by atoms with Gasteiger partial charge < -0.3 is 10.0 Å². The first-order chi connectivity index (χ1) is 6.45. The molecule has 1 unspecified atom stereocenters. The summed E-state index contributed by atoms with van der Waals surface area (Å²) in [4.78, 5) is 13.2. The highest BCUT2D eigenvalue weighted by atomic mass is 16.3. The quantitative estimate of drug-likeness (QED) is 0.745. The van der Waals surface area contributed by atoms with Crippen molar-refractivity contribution in [2.75, 3.05) is 6.54 Å². The van der Waals surface area contributed by atoms with E-state index in [2.05, 4.69) is 13.8 Å². The van der Waals surface area contributed by atoms with Gasteiger partial charge in [0.1, 0.15) is 0 Å². The molecular weight excluding hydrogens is 178 g/mol. The number of aliphatic hydroxyl groups excluding tert-OH is 1. The molecule has 0 aromatic rings. The van der Waals surface area contributed by atoms with E-state index in [4.69, 9.17) is 0 Å². The van der Waals surface area contributed by atoms with Gasteiger partial charge in [0.2, 0.25) is 0 Å². The minimum atomic E-state index is -0.693. The third-order valence-electron chi connectivity index (χ3n) is 2.80. The van der Waals surface area contributed by atoms with Crippen LogP contribution in [0.3, 0.4) is 0 Å². The summed E-state index contributed by atoms with van der Waals surface area (Å²) in [5, 5.41) is 9.76. The van der Waals surface area contributed by atoms with Crippen molar-refractivity contribution in [1.29, 1.82) is 0 Å². The van der Waals surface area contributed by atoms with Crippen molar-refractivity contribution in [3.63, 3.8) is 0 Å². The molecule has 1 aliphatic heterocycles. The summed E-state index contributed by atoms with van der Waals surface area (Å²) in [6, 6.07) is 0. The zero-order valence-corrected chi connectivity index (χ0v) is 9.37. The first-order valence-electron chi connectivity index (χ1n) is 5.11. The van der Waals surface area contributed by atoms with Crippen molar-refractivity contribution in [2.24, 2.45) is 5.92 Å². The molecule has 3 heteroatoms. The van der Waals surface area contributed by atoms with Gasteiger partial charge in [-0.15, -0.1) is 0 Å². The number of hydrogen-bond acceptors (Lipinski definition) is 2. The van der Waals surface area contributed by atoms with E-state index in [0.29, 0.717) is 18.0 Å². The predicted octanol–water partition coefficient (Wildman–Crippen LogP) is 1.53. The number of rotatable bonds is 3. The number of aliphatic hydroxyl groups is 1. The molecule has 0 aliphatic carbocycles. The van der Waals surface area contributed by atoms with Crippen LogP contribution in [0.2, 0.25) is 0 Å². The highest BCUT2D eigenvalue weighted by molar-refractivity contribution is 5.96. The van der Waals surface area contributed by atoms with Gasteiger partial charge in [0.25, 0.3) is 5.91 Å². The Morgan fingerprint density at radius 2 is 2.00 bits per heavy atom. The first-order valence-corrected chi connectivity index (χ1v) is 5.11. The van der Waals surface area contributed by atoms with Crippen LogP contribution in [0.15, 0.2) is 11.1 Å². The van der Waals surface area contributed by atoms with Crippen LogP contribution in [0.25, 0.3) is 0 Å². The van der Waals surface area contributed by atoms with Crippen LogP contribution in [0.5, 0.6) is 0 Å². The van der Waals surface area contributed by atoms with E-state index in [1.165, 1.54) is 0 Å². The molecule has 14 heavy (non-hydrogen) atoms. The van der Waals surface area contributed by atoms with E-state index in [1.807, 2.05) is 6.92 Å². The molecule has 1 atom stereocenters. The highest BCUT2D eigenvalue weighted by Crippen LogP contribution is 2.24. The molecule has 0 saturated heterocycles. The third-order valence-corrected chi connectivity index (χ3v) is 2.80. The van der Waals surface area contributed by atoms with Gasteiger partial charge in [-0.2, -0.15) is 0 Å². The number of hydrogen-bond donors (Lipinski definition) is 1. The predicted molar refractivity (Wildman–Crippen MR) is 55.5 cm³/mol. The van der Waals surface area contributed by atoms with Gasteiger partial charge in [-0.1, -0.05) is 13.8 Å². The molecule has 0 fully saturated rings. The van der Waals surface area contributed by atoms with Crippen LogP contribution in [0, 0.1) is 5.92 Å². The van der Waals surface area contributed by atoms with Gasteiger partial charge in [-0.25, -0.2) is 0 Å². The standard InChI is InChI=1S/C11H19NO2/c1-7(2)5-6-12-10(13)8(3)9(4)11(12)14/h7,10,13H,5-6H2,1-4H3. The lowest BCUT2D eigenvalue weighted by Crippen LogP contribution is -2.36. The first kappa shape index (κ1) is 11.2. The summed E-state index contributed by atoms with van der Waals surface area (Å²) >= 11 is 0. The fraction of sp³-hybridized carbons (Fsp3) is 0.727. The molecule has 0 bridgehead atoms. The molecule has 0 radical (unpaired) electrons. The number of nitrogens with zero attached hydrogens (tertiary/aromatic N) is 1. The lowest BCUT2D eigenvalue weighted by Gasteiger charge is -2.22. The van der Waals surface area contributed by atoms with Crippen LogP contribution in [-0.2, 0) is 4.79 Å². The van der Waals surface area contributed by atoms with Gasteiger partial charge in [0.15, 0.2) is 6.23 Å². The minimum Gasteiger partial charge on any atom is -0.369 e. The fourth-order valence-electron chi connectivity index (χ4n) is 1.54. The summed E-state index contributed by atoms with van der Waals surface area (Å²) in [6.45, 7) is 8.45. The zero-order valence-electron chi connectivity index (χ0n) is 9.37. The molecule has 0 saturated carbocycles. The molecule has 0 spiro atoms. The van der Waals surface area contributed by atoms with Crippen LogP contribution >= 0.6 is 0 Å². The van der Waals surface area contributed by atoms with Gasteiger partial charge in [0, 0.05) is 12.1 Å². The lowest BCUT2D eigenvalue weighted by atomic mass is 10.1. The summed E-state index contributed by atoms with van der Waals surface area (Å²) in [6.07, 6.45) is 0.241. The lowest BCUT2D eigenvalue weighted by molar-refractivity contribution is -0.132. The van der Waals surface area contributed by atoms with Crippen LogP contribution in [0.1, 0.15) is 34.1 Å². The maximum atomic E-state index is 11.6. The Bertz CT molecular complexity index is 268. The largest absolute Gasteiger partial charge is 0.369 e. The summed E-state index contributed by atoms with van der Waals surface area (Å²) in [5.41, 5.74) is 1.49. The highest BCUT2D eigenvalue weighted by Gasteiger charge is 2.32. The van der Waals surface area contributed by atoms with Gasteiger partial charge >= 0.3 is 0 Å². The zero-order chi connectivity index (χ0) is 10.9. The Balaban J connectivity index is 2.62. The SMILES string of the molecule is CC1=C(C)C(O)N(CCC(C)C)C1=O. The molecule has 1 amide bonds. The van der Waals surface area contributed by atoms with Gasteiger partial charge in [-0.3, -0.25) is 4.79 Å². The molecule has 0 aromatic heterocycles. The maximum absolute atomic E-state index is 11.6. The van der Waals surface area contributed by atoms with E-state index >= 15 is 0 Å². The minimum absolute atomic E-state index is 0.0179. The second-order valence-electron chi connectivity index (χ2n) is 4.36. The summed E-state index contributed by atoms with van der Waals surface area (Å²) in [5.74, 6) is 0.534. The van der Waals surface area contributed by atoms with E-state index < -0.39 is 6.23 Å². The number of carbonyl (C=O) groups excluding carboxylic acids is 1. The Hall–Kier alpha value is -0.830. The third kappa shape index (κ3) is 1.98. The van der Waals surface area contributed by atoms with E-state index in [0.717, 1.165) is 12.0 Å². The van der Waals surface area contributed by atoms with Crippen molar-refractivity contribution >= 4 is 5.91 Å². The Kier molecular flexibility index (Phi) is 3.32. The van der Waals surface area contributed by atoms with Crippen molar-refractivity contribution < 1.29 is 9.90 Å². The normalized spacial score (nSPS) is 22.9. The second-order valence-corrected chi connectivity index (χ2v) is 4.36. The summed E-state index contributed by atoms with van der Waals surface area (Å²) < 4.78 is 0. The molecule has 1 heterocycles. The smallest absolute Gasteiger partial charge is 0.251 e. The van der Waals surface area contributed by atoms with Crippen molar-refractivity contribution in [3.8, 4) is 0 Å². The number of amides is 1. The monoisotopic (exact) mass is 197 g/mol. The van der Waals surface area contributed by atoms with E-state index in [9.17, 15) is 9.90 Å². The van der Waals surface area contributed by atoms with Crippen molar-refractivity contribution in [3.05, 3.63) is 11.1 Å². The van der Waals surface area contributed by atoms with Gasteiger partial charge in [0.05, 0.1) is 0 Å². The van der Waals surface area contributed by atoms with Crippen LogP contribution in [0.4, 0.5) is 0 Å². The molecule has 80 valence electrons. The molecular formula is C11H19NO2. The fourth-order valence-corrected chi connectivity index (χ4v) is 1.54. The number of carbonyl (C=O) groups is 1. The topological polar surface area (TPSA) is 40.5 Å². The van der Waals surface area contributed by atoms with Crippen LogP contribution in [-0.4, -0.2) is 28.7 Å². The Labute approximate surface area is 85.4 Å². The van der Waals surface area contributed by atoms with Crippen molar-refractivity contribution in [1.82, 2.24) is 4.90 Å². The molecule has 1 rings (SSSR count). The Morgan fingerprint density at radius 1 is 1.43 bits per heavy atom. The maximum Gasteiger partial charge on any atom is 0.251 e. The average Bonchev–Trinajstić information content (AvgIpc) is 2.29. The van der Waals surface area contributed by atoms with Gasteiger partial charge in [-0.05, 0) is 31.8 Å². The average molecular weight is 197 g/mol. The molecule has 0 aromatic carbocycles. The van der Waals surface area contributed by atoms with Crippen molar-refractivity contribution in [2.45, 2.75) is 40.3 Å². The van der Waals surface area contributed by atoms with E-state index in [-0.39, 0.29) is 5.91 Å².